The minimum absolute atomic E-state index is 0.133. The molecule has 0 atom stereocenters. The zero-order valence-electron chi connectivity index (χ0n) is 14.9. The maximum absolute atomic E-state index is 12.9. The molecule has 6 nitrogen and oxygen atoms in total. The van der Waals surface area contributed by atoms with E-state index >= 15 is 0 Å². The Hall–Kier alpha value is -3.09. The predicted molar refractivity (Wildman–Crippen MR) is 93.5 cm³/mol. The van der Waals surface area contributed by atoms with Crippen LogP contribution in [-0.4, -0.2) is 13.3 Å². The Morgan fingerprint density at radius 3 is 1.83 bits per heavy atom. The molecule has 0 aliphatic heterocycles. The first-order chi connectivity index (χ1) is 13.6. The van der Waals surface area contributed by atoms with Crippen molar-refractivity contribution in [3.8, 4) is 0 Å². The van der Waals surface area contributed by atoms with Crippen molar-refractivity contribution in [2.75, 3.05) is 5.32 Å². The Morgan fingerprint density at radius 2 is 1.43 bits per heavy atom. The molecule has 30 heavy (non-hydrogen) atoms. The molecule has 0 amide bonds. The largest absolute Gasteiger partial charge is 0.416 e. The van der Waals surface area contributed by atoms with E-state index in [2.05, 4.69) is 0 Å². The number of alkyl halides is 6. The molecule has 2 rings (SSSR count). The van der Waals surface area contributed by atoms with Gasteiger partial charge in [0.05, 0.1) is 27.1 Å². The van der Waals surface area contributed by atoms with Crippen molar-refractivity contribution in [3.63, 3.8) is 0 Å². The second-order valence-corrected chi connectivity index (χ2v) is 7.89. The first-order valence-electron chi connectivity index (χ1n) is 7.84. The number of aryl methyl sites for hydroxylation is 1. The molecule has 162 valence electrons. The van der Waals surface area contributed by atoms with Gasteiger partial charge in [0.25, 0.3) is 9.84 Å². The van der Waals surface area contributed by atoms with Crippen LogP contribution in [0.15, 0.2) is 58.6 Å². The fraction of sp³-hybridized carbons (Fsp3) is 0.176. The molecule has 0 aromatic heterocycles. The molecule has 0 heterocycles. The van der Waals surface area contributed by atoms with Gasteiger partial charge in [-0.2, -0.15) is 26.3 Å². The lowest BCUT2D eigenvalue weighted by molar-refractivity contribution is -0.411. The smallest absolute Gasteiger partial charge is 0.355 e. The minimum Gasteiger partial charge on any atom is -0.355 e. The Labute approximate surface area is 165 Å². The Bertz CT molecular complexity index is 1060. The van der Waals surface area contributed by atoms with Crippen molar-refractivity contribution >= 4 is 15.5 Å². The lowest BCUT2D eigenvalue weighted by atomic mass is 10.1. The SMILES string of the molecule is Cc1ccc(S(=O)(=O)/C(=C/Nc2cc(C(F)(F)F)cc(C(F)(F)F)c2)[N+](=O)[O-])cc1. The molecule has 0 aliphatic carbocycles. The van der Waals surface area contributed by atoms with Crippen LogP contribution in [0, 0.1) is 17.0 Å². The highest BCUT2D eigenvalue weighted by Crippen LogP contribution is 2.37. The zero-order valence-corrected chi connectivity index (χ0v) is 15.7. The highest BCUT2D eigenvalue weighted by molar-refractivity contribution is 7.95. The standard InChI is InChI=1S/C17H12F6N2O4S/c1-10-2-4-14(5-3-10)30(28,29)15(25(26)27)9-24-13-7-11(16(18,19)20)6-12(8-13)17(21,22)23/h2-9,24H,1H3/b15-9+. The Morgan fingerprint density at radius 1 is 0.967 bits per heavy atom. The van der Waals surface area contributed by atoms with Gasteiger partial charge >= 0.3 is 17.4 Å². The third-order valence-electron chi connectivity index (χ3n) is 3.74. The van der Waals surface area contributed by atoms with E-state index in [1.165, 1.54) is 12.1 Å². The second-order valence-electron chi connectivity index (χ2n) is 6.00. The van der Waals surface area contributed by atoms with E-state index in [0.717, 1.165) is 12.1 Å². The van der Waals surface area contributed by atoms with Crippen LogP contribution in [0.2, 0.25) is 0 Å². The van der Waals surface area contributed by atoms with Crippen molar-refractivity contribution in [2.24, 2.45) is 0 Å². The average molecular weight is 454 g/mol. The van der Waals surface area contributed by atoms with Gasteiger partial charge in [-0.15, -0.1) is 0 Å². The van der Waals surface area contributed by atoms with Gasteiger partial charge in [0, 0.05) is 5.69 Å². The number of nitro groups is 1. The number of nitrogens with one attached hydrogen (secondary N) is 1. The summed E-state index contributed by atoms with van der Waals surface area (Å²) in [4.78, 5) is 9.42. The van der Waals surface area contributed by atoms with E-state index in [0.29, 0.717) is 5.56 Å². The van der Waals surface area contributed by atoms with Crippen LogP contribution in [0.25, 0.3) is 0 Å². The van der Waals surface area contributed by atoms with Crippen LogP contribution in [0.3, 0.4) is 0 Å². The normalized spacial score (nSPS) is 13.2. The number of benzene rings is 2. The van der Waals surface area contributed by atoms with Crippen molar-refractivity contribution < 1.29 is 39.7 Å². The number of halogens is 6. The van der Waals surface area contributed by atoms with Gasteiger partial charge in [0.15, 0.2) is 0 Å². The summed E-state index contributed by atoms with van der Waals surface area (Å²) >= 11 is 0. The number of nitrogens with zero attached hydrogens (tertiary/aromatic N) is 1. The summed E-state index contributed by atoms with van der Waals surface area (Å²) < 4.78 is 102. The highest BCUT2D eigenvalue weighted by Gasteiger charge is 2.37. The molecule has 0 saturated heterocycles. The molecule has 0 radical (unpaired) electrons. The minimum atomic E-state index is -5.14. The van der Waals surface area contributed by atoms with Gasteiger partial charge in [-0.3, -0.25) is 10.1 Å². The molecule has 0 fully saturated rings. The Balaban J connectivity index is 2.53. The van der Waals surface area contributed by atoms with Gasteiger partial charge in [0.1, 0.15) is 0 Å². The summed E-state index contributed by atoms with van der Waals surface area (Å²) in [7, 11) is -4.71. The molecule has 0 unspecified atom stereocenters. The average Bonchev–Trinajstić information content (AvgIpc) is 2.60. The fourth-order valence-corrected chi connectivity index (χ4v) is 3.40. The number of anilines is 1. The predicted octanol–water partition coefficient (Wildman–Crippen LogP) is 4.99. The summed E-state index contributed by atoms with van der Waals surface area (Å²) in [5.74, 6) is 0. The molecule has 0 spiro atoms. The number of hydrogen-bond acceptors (Lipinski definition) is 5. The third-order valence-corrected chi connectivity index (χ3v) is 5.45. The van der Waals surface area contributed by atoms with Gasteiger partial charge in [-0.25, -0.2) is 8.42 Å². The van der Waals surface area contributed by atoms with E-state index in [4.69, 9.17) is 0 Å². The quantitative estimate of drug-likeness (QED) is 0.391. The van der Waals surface area contributed by atoms with Crippen LogP contribution >= 0.6 is 0 Å². The molecule has 2 aromatic rings. The van der Waals surface area contributed by atoms with E-state index in [1.807, 2.05) is 5.32 Å². The van der Waals surface area contributed by atoms with Gasteiger partial charge in [-0.1, -0.05) is 17.7 Å². The first-order valence-corrected chi connectivity index (χ1v) is 9.33. The van der Waals surface area contributed by atoms with Crippen LogP contribution in [-0.2, 0) is 22.2 Å². The summed E-state index contributed by atoms with van der Waals surface area (Å²) in [6, 6.07) is 5.28. The van der Waals surface area contributed by atoms with E-state index in [-0.39, 0.29) is 24.4 Å². The maximum atomic E-state index is 12.9. The molecule has 1 N–H and O–H groups in total. The zero-order chi connectivity index (χ0) is 22.9. The Kier molecular flexibility index (Phi) is 6.16. The van der Waals surface area contributed by atoms with Crippen molar-refractivity contribution in [1.82, 2.24) is 0 Å². The van der Waals surface area contributed by atoms with Crippen molar-refractivity contribution in [1.29, 1.82) is 0 Å². The highest BCUT2D eigenvalue weighted by atomic mass is 32.2. The lowest BCUT2D eigenvalue weighted by Gasteiger charge is -2.14. The molecule has 0 saturated carbocycles. The van der Waals surface area contributed by atoms with Crippen molar-refractivity contribution in [2.45, 2.75) is 24.2 Å². The molecule has 13 heteroatoms. The summed E-state index contributed by atoms with van der Waals surface area (Å²) in [6.07, 6.45) is -10.0. The van der Waals surface area contributed by atoms with Crippen LogP contribution in [0.4, 0.5) is 32.0 Å². The van der Waals surface area contributed by atoms with Crippen molar-refractivity contribution in [3.05, 3.63) is 80.5 Å². The molecular weight excluding hydrogens is 442 g/mol. The number of hydrogen-bond donors (Lipinski definition) is 1. The summed E-state index contributed by atoms with van der Waals surface area (Å²) in [6.45, 7) is 1.63. The summed E-state index contributed by atoms with van der Waals surface area (Å²) in [5.41, 5.74) is -3.52. The third kappa shape index (κ3) is 5.28. The molecule has 0 aliphatic rings. The molecule has 2 aromatic carbocycles. The first kappa shape index (κ1) is 23.2. The maximum Gasteiger partial charge on any atom is 0.416 e. The van der Waals surface area contributed by atoms with Gasteiger partial charge < -0.3 is 5.32 Å². The fourth-order valence-electron chi connectivity index (χ4n) is 2.25. The number of sulfone groups is 1. The molecular formula is C17H12F6N2O4S. The lowest BCUT2D eigenvalue weighted by Crippen LogP contribution is -2.15. The second kappa shape index (κ2) is 7.97. The van der Waals surface area contributed by atoms with Gasteiger partial charge in [0.2, 0.25) is 0 Å². The monoisotopic (exact) mass is 454 g/mol. The van der Waals surface area contributed by atoms with Gasteiger partial charge in [-0.05, 0) is 37.3 Å². The van der Waals surface area contributed by atoms with E-state index < -0.39 is 53.9 Å². The van der Waals surface area contributed by atoms with E-state index in [9.17, 15) is 44.9 Å². The molecule has 0 bridgehead atoms. The van der Waals surface area contributed by atoms with E-state index in [1.54, 1.807) is 6.92 Å². The summed E-state index contributed by atoms with van der Waals surface area (Å²) in [5, 5.41) is 11.6. The van der Waals surface area contributed by atoms with Crippen LogP contribution in [0.5, 0.6) is 0 Å². The topological polar surface area (TPSA) is 89.3 Å². The van der Waals surface area contributed by atoms with Crippen LogP contribution < -0.4 is 5.32 Å². The van der Waals surface area contributed by atoms with Crippen LogP contribution in [0.1, 0.15) is 16.7 Å². The number of rotatable bonds is 5.